The van der Waals surface area contributed by atoms with E-state index in [9.17, 15) is 0 Å². The van der Waals surface area contributed by atoms with Crippen molar-refractivity contribution in [3.63, 3.8) is 0 Å². The van der Waals surface area contributed by atoms with E-state index in [4.69, 9.17) is 13.7 Å². The molecular formula is C37H25N5Si. The fraction of sp³-hybridized carbons (Fsp3) is 0. The van der Waals surface area contributed by atoms with Gasteiger partial charge in [-0.1, -0.05) is 115 Å². The van der Waals surface area contributed by atoms with Gasteiger partial charge in [-0.05, 0) is 44.0 Å². The molecule has 8 rings (SSSR count). The normalized spacial score (nSPS) is 16.1. The van der Waals surface area contributed by atoms with Crippen LogP contribution in [0.3, 0.4) is 0 Å². The zero-order chi connectivity index (χ0) is 37.3. The van der Waals surface area contributed by atoms with Gasteiger partial charge in [0, 0.05) is 41.5 Å². The maximum Gasteiger partial charge on any atom is 0.184 e. The number of hydrogen-bond donors (Lipinski definition) is 0. The van der Waals surface area contributed by atoms with E-state index in [0.29, 0.717) is 5.56 Å². The van der Waals surface area contributed by atoms with Crippen molar-refractivity contribution < 1.29 is 13.7 Å². The van der Waals surface area contributed by atoms with Crippen LogP contribution in [-0.2, 0) is 0 Å². The summed E-state index contributed by atoms with van der Waals surface area (Å²) >= 11 is 0. The third kappa shape index (κ3) is 4.11. The molecule has 7 aromatic rings. The number of pyridine rings is 2. The van der Waals surface area contributed by atoms with E-state index in [1.165, 1.54) is 0 Å². The Kier molecular flexibility index (Phi) is 4.03. The lowest BCUT2D eigenvalue weighted by molar-refractivity contribution is 1.07. The van der Waals surface area contributed by atoms with Gasteiger partial charge in [0.05, 0.1) is 13.7 Å². The fourth-order valence-corrected chi connectivity index (χ4v) is 10.9. The molecule has 202 valence electrons. The second kappa shape index (κ2) is 10.3. The lowest BCUT2D eigenvalue weighted by atomic mass is 10.1. The first kappa shape index (κ1) is 16.7. The molecule has 1 aliphatic heterocycles. The number of fused-ring (bicyclic) bond motifs is 3. The molecule has 0 unspecified atom stereocenters. The average Bonchev–Trinajstić information content (AvgIpc) is 3.49. The van der Waals surface area contributed by atoms with Gasteiger partial charge < -0.3 is 0 Å². The summed E-state index contributed by atoms with van der Waals surface area (Å²) < 4.78 is 84.1. The Morgan fingerprint density at radius 1 is 0.488 bits per heavy atom. The molecule has 0 bridgehead atoms. The highest BCUT2D eigenvalue weighted by Crippen LogP contribution is 2.29. The summed E-state index contributed by atoms with van der Waals surface area (Å²) in [6, 6.07) is 15.8. The molecule has 5 nitrogen and oxygen atoms in total. The molecule has 0 radical (unpaired) electrons. The van der Waals surface area contributed by atoms with Gasteiger partial charge in [-0.2, -0.15) is 0 Å². The SMILES string of the molecule is [2H]c1c([2H])c([2H])c(-c2nc(-c3cccc([Si]4(c5ccccc5)c5cnccc5-c5ccncc54)c3)nc(-c3c([2H])c([2H])c([2H])c([2H])c3[2H])n2)c([2H])c1[2H]. The molecule has 0 atom stereocenters. The number of benzene rings is 4. The molecule has 0 aliphatic carbocycles. The summed E-state index contributed by atoms with van der Waals surface area (Å²) in [5.41, 5.74) is 1.90. The third-order valence-electron chi connectivity index (χ3n) is 7.58. The van der Waals surface area contributed by atoms with Crippen molar-refractivity contribution in [1.29, 1.82) is 0 Å². The van der Waals surface area contributed by atoms with Crippen LogP contribution in [0.1, 0.15) is 13.7 Å². The Balaban J connectivity index is 1.44. The molecule has 43 heavy (non-hydrogen) atoms. The minimum absolute atomic E-state index is 0.00139. The van der Waals surface area contributed by atoms with Crippen LogP contribution in [0.2, 0.25) is 0 Å². The van der Waals surface area contributed by atoms with Crippen molar-refractivity contribution in [2.75, 3.05) is 0 Å². The molecule has 0 saturated carbocycles. The molecule has 4 heterocycles. The van der Waals surface area contributed by atoms with E-state index in [-0.39, 0.29) is 28.6 Å². The summed E-state index contributed by atoms with van der Waals surface area (Å²) in [5, 5.41) is 4.12. The van der Waals surface area contributed by atoms with Gasteiger partial charge in [-0.3, -0.25) is 9.97 Å². The van der Waals surface area contributed by atoms with E-state index in [2.05, 4.69) is 37.1 Å². The van der Waals surface area contributed by atoms with Crippen molar-refractivity contribution in [2.24, 2.45) is 0 Å². The third-order valence-corrected chi connectivity index (χ3v) is 12.4. The molecular weight excluding hydrogens is 543 g/mol. The van der Waals surface area contributed by atoms with E-state index >= 15 is 0 Å². The largest absolute Gasteiger partial charge is 0.265 e. The van der Waals surface area contributed by atoms with Gasteiger partial charge in [0.25, 0.3) is 0 Å². The molecule has 3 aromatic heterocycles. The highest BCUT2D eigenvalue weighted by atomic mass is 28.3. The molecule has 1 aliphatic rings. The first-order chi connectivity index (χ1) is 25.5. The predicted molar refractivity (Wildman–Crippen MR) is 174 cm³/mol. The summed E-state index contributed by atoms with van der Waals surface area (Å²) in [4.78, 5) is 22.8. The zero-order valence-electron chi connectivity index (χ0n) is 32.4. The quantitative estimate of drug-likeness (QED) is 0.269. The highest BCUT2D eigenvalue weighted by Gasteiger charge is 2.49. The molecule has 0 N–H and O–H groups in total. The molecule has 4 aromatic carbocycles. The second-order valence-electron chi connectivity index (χ2n) is 9.85. The van der Waals surface area contributed by atoms with E-state index in [0.717, 1.165) is 31.9 Å². The van der Waals surface area contributed by atoms with Gasteiger partial charge in [-0.25, -0.2) is 15.0 Å². The number of aromatic nitrogens is 5. The maximum atomic E-state index is 8.67. The lowest BCUT2D eigenvalue weighted by Crippen LogP contribution is -2.73. The van der Waals surface area contributed by atoms with Gasteiger partial charge in [0.15, 0.2) is 25.5 Å². The molecule has 0 saturated heterocycles. The average molecular weight is 578 g/mol. The summed E-state index contributed by atoms with van der Waals surface area (Å²) in [5.74, 6) is -0.642. The van der Waals surface area contributed by atoms with Crippen molar-refractivity contribution in [3.8, 4) is 45.3 Å². The molecule has 0 fully saturated rings. The number of rotatable bonds is 5. The monoisotopic (exact) mass is 577 g/mol. The first-order valence-corrected chi connectivity index (χ1v) is 15.4. The maximum absolute atomic E-state index is 8.67. The van der Waals surface area contributed by atoms with E-state index in [1.807, 2.05) is 60.9 Å². The first-order valence-electron chi connectivity index (χ1n) is 18.4. The van der Waals surface area contributed by atoms with Crippen LogP contribution in [0.4, 0.5) is 0 Å². The second-order valence-corrected chi connectivity index (χ2v) is 13.6. The Bertz CT molecular complexity index is 2470. The van der Waals surface area contributed by atoms with Crippen LogP contribution >= 0.6 is 0 Å². The Labute approximate surface area is 264 Å². The van der Waals surface area contributed by atoms with Gasteiger partial charge in [-0.15, -0.1) is 0 Å². The van der Waals surface area contributed by atoms with Gasteiger partial charge in [0.1, 0.15) is 0 Å². The highest BCUT2D eigenvalue weighted by molar-refractivity contribution is 7.22. The minimum Gasteiger partial charge on any atom is -0.265 e. The zero-order valence-corrected chi connectivity index (χ0v) is 23.4. The Morgan fingerprint density at radius 2 is 1.00 bits per heavy atom. The number of nitrogens with zero attached hydrogens (tertiary/aromatic N) is 5. The molecule has 0 amide bonds. The van der Waals surface area contributed by atoms with Crippen LogP contribution in [0.15, 0.2) is 152 Å². The van der Waals surface area contributed by atoms with Crippen LogP contribution in [-0.4, -0.2) is 33.0 Å². The summed E-state index contributed by atoms with van der Waals surface area (Å²) in [6.07, 6.45) is 7.33. The predicted octanol–water partition coefficient (Wildman–Crippen LogP) is 5.02. The van der Waals surface area contributed by atoms with Crippen LogP contribution in [0.25, 0.3) is 45.3 Å². The topological polar surface area (TPSA) is 64.5 Å². The smallest absolute Gasteiger partial charge is 0.184 e. The van der Waals surface area contributed by atoms with Crippen LogP contribution in [0.5, 0.6) is 0 Å². The van der Waals surface area contributed by atoms with Gasteiger partial charge >= 0.3 is 0 Å². The minimum atomic E-state index is -3.08. The van der Waals surface area contributed by atoms with Crippen LogP contribution < -0.4 is 20.7 Å². The fourth-order valence-electron chi connectivity index (χ4n) is 5.82. The van der Waals surface area contributed by atoms with Crippen molar-refractivity contribution in [3.05, 3.63) is 152 Å². The summed E-state index contributed by atoms with van der Waals surface area (Å²) in [6.45, 7) is 0. The number of hydrogen-bond acceptors (Lipinski definition) is 5. The Hall–Kier alpha value is -5.59. The van der Waals surface area contributed by atoms with E-state index < -0.39 is 68.5 Å². The van der Waals surface area contributed by atoms with Crippen molar-refractivity contribution in [1.82, 2.24) is 24.9 Å². The summed E-state index contributed by atoms with van der Waals surface area (Å²) in [7, 11) is -3.08. The van der Waals surface area contributed by atoms with Crippen molar-refractivity contribution in [2.45, 2.75) is 0 Å². The molecule has 6 heteroatoms. The van der Waals surface area contributed by atoms with Crippen LogP contribution in [0, 0.1) is 0 Å². The lowest BCUT2D eigenvalue weighted by Gasteiger charge is -2.30. The standard InChI is InChI=1S/C37H25N5Si/c1-4-11-26(12-5-1)35-40-36(27-13-6-2-7-14-27)42-37(41-35)28-15-10-18-30(23-28)43(29-16-8-3-9-17-29)33-24-38-21-19-31(33)32-20-22-39-25-34(32)43/h1-25H/i1D,2D,4D,5D,6D,7D,11D,12D,13D,14D. The van der Waals surface area contributed by atoms with Gasteiger partial charge in [0.2, 0.25) is 0 Å². The molecule has 0 spiro atoms. The van der Waals surface area contributed by atoms with E-state index in [1.54, 1.807) is 18.5 Å². The Morgan fingerprint density at radius 3 is 1.56 bits per heavy atom. The van der Waals surface area contributed by atoms with Crippen molar-refractivity contribution >= 4 is 28.8 Å².